The molecule has 1 aliphatic heterocycles. The van der Waals surface area contributed by atoms with Gasteiger partial charge in [0.05, 0.1) is 6.42 Å². The first-order valence-corrected chi connectivity index (χ1v) is 6.99. The zero-order valence-electron chi connectivity index (χ0n) is 10.3. The van der Waals surface area contributed by atoms with Crippen molar-refractivity contribution in [3.05, 3.63) is 22.4 Å². The molecule has 1 fully saturated rings. The quantitative estimate of drug-likeness (QED) is 0.865. The van der Waals surface area contributed by atoms with Gasteiger partial charge >= 0.3 is 0 Å². The number of nitrogens with one attached hydrogen (secondary N) is 1. The van der Waals surface area contributed by atoms with E-state index in [4.69, 9.17) is 0 Å². The number of aromatic nitrogens is 4. The highest BCUT2D eigenvalue weighted by molar-refractivity contribution is 7.10. The lowest BCUT2D eigenvalue weighted by Gasteiger charge is -2.33. The second-order valence-corrected chi connectivity index (χ2v) is 5.37. The van der Waals surface area contributed by atoms with Crippen molar-refractivity contribution in [2.75, 3.05) is 31.1 Å². The van der Waals surface area contributed by atoms with Gasteiger partial charge in [-0.1, -0.05) is 11.2 Å². The number of piperazine rings is 1. The number of tetrazole rings is 1. The molecule has 0 bridgehead atoms. The molecule has 1 N–H and O–H groups in total. The Bertz CT molecular complexity index is 517. The summed E-state index contributed by atoms with van der Waals surface area (Å²) in [6.07, 6.45) is 0.500. The molecule has 2 aromatic rings. The van der Waals surface area contributed by atoms with Gasteiger partial charge in [-0.2, -0.15) is 5.21 Å². The summed E-state index contributed by atoms with van der Waals surface area (Å²) in [6.45, 7) is 2.91. The van der Waals surface area contributed by atoms with E-state index in [0.29, 0.717) is 25.5 Å². The maximum Gasteiger partial charge on any atom is 0.265 e. The molecule has 1 saturated heterocycles. The number of thiophene rings is 1. The number of amides is 1. The van der Waals surface area contributed by atoms with Crippen LogP contribution in [-0.2, 0) is 11.2 Å². The molecule has 100 valence electrons. The highest BCUT2D eigenvalue weighted by Crippen LogP contribution is 2.13. The normalized spacial score (nSPS) is 15.8. The Labute approximate surface area is 114 Å². The van der Waals surface area contributed by atoms with Crippen LogP contribution in [0.3, 0.4) is 0 Å². The van der Waals surface area contributed by atoms with Crippen LogP contribution in [0.5, 0.6) is 0 Å². The molecule has 0 unspecified atom stereocenters. The third-order valence-corrected chi connectivity index (χ3v) is 4.03. The second-order valence-electron chi connectivity index (χ2n) is 4.34. The minimum atomic E-state index is 0.190. The third kappa shape index (κ3) is 2.73. The topological polar surface area (TPSA) is 78.0 Å². The zero-order chi connectivity index (χ0) is 13.1. The molecular formula is C11H14N6OS. The largest absolute Gasteiger partial charge is 0.339 e. The minimum Gasteiger partial charge on any atom is -0.339 e. The van der Waals surface area contributed by atoms with Crippen molar-refractivity contribution in [3.8, 4) is 0 Å². The number of H-pyrrole nitrogens is 1. The zero-order valence-corrected chi connectivity index (χ0v) is 11.1. The van der Waals surface area contributed by atoms with Crippen LogP contribution in [0.25, 0.3) is 0 Å². The highest BCUT2D eigenvalue weighted by Gasteiger charge is 2.23. The predicted molar refractivity (Wildman–Crippen MR) is 71.0 cm³/mol. The predicted octanol–water partition coefficient (Wildman–Crippen LogP) is 0.152. The summed E-state index contributed by atoms with van der Waals surface area (Å²) < 4.78 is 0. The van der Waals surface area contributed by atoms with Crippen molar-refractivity contribution in [2.24, 2.45) is 0 Å². The van der Waals surface area contributed by atoms with Gasteiger partial charge < -0.3 is 9.80 Å². The Kier molecular flexibility index (Phi) is 3.41. The molecule has 0 spiro atoms. The monoisotopic (exact) mass is 278 g/mol. The van der Waals surface area contributed by atoms with Crippen LogP contribution in [0.1, 0.15) is 4.88 Å². The Morgan fingerprint density at radius 1 is 1.37 bits per heavy atom. The molecule has 0 saturated carbocycles. The van der Waals surface area contributed by atoms with Gasteiger partial charge in [0.25, 0.3) is 5.95 Å². The van der Waals surface area contributed by atoms with E-state index in [2.05, 4.69) is 20.6 Å². The Morgan fingerprint density at radius 2 is 2.21 bits per heavy atom. The van der Waals surface area contributed by atoms with E-state index in [-0.39, 0.29) is 5.91 Å². The first-order valence-electron chi connectivity index (χ1n) is 6.11. The second kappa shape index (κ2) is 5.35. The first kappa shape index (κ1) is 12.1. The van der Waals surface area contributed by atoms with Gasteiger partial charge in [-0.15, -0.1) is 16.4 Å². The van der Waals surface area contributed by atoms with Crippen molar-refractivity contribution >= 4 is 23.2 Å². The fourth-order valence-corrected chi connectivity index (χ4v) is 2.82. The van der Waals surface area contributed by atoms with Gasteiger partial charge in [-0.05, 0) is 16.7 Å². The van der Waals surface area contributed by atoms with Crippen LogP contribution < -0.4 is 4.90 Å². The van der Waals surface area contributed by atoms with Gasteiger partial charge in [0.2, 0.25) is 5.91 Å². The Morgan fingerprint density at radius 3 is 2.84 bits per heavy atom. The molecule has 19 heavy (non-hydrogen) atoms. The summed E-state index contributed by atoms with van der Waals surface area (Å²) in [5, 5.41) is 15.9. The number of carbonyl (C=O) groups is 1. The van der Waals surface area contributed by atoms with Crippen LogP contribution in [0.15, 0.2) is 17.5 Å². The van der Waals surface area contributed by atoms with Gasteiger partial charge in [-0.3, -0.25) is 4.79 Å². The Hall–Kier alpha value is -1.96. The van der Waals surface area contributed by atoms with E-state index >= 15 is 0 Å². The maximum absolute atomic E-state index is 12.1. The van der Waals surface area contributed by atoms with E-state index < -0.39 is 0 Å². The van der Waals surface area contributed by atoms with E-state index in [1.807, 2.05) is 27.3 Å². The molecule has 0 radical (unpaired) electrons. The number of anilines is 1. The van der Waals surface area contributed by atoms with Crippen molar-refractivity contribution in [1.29, 1.82) is 0 Å². The van der Waals surface area contributed by atoms with Crippen LogP contribution >= 0.6 is 11.3 Å². The van der Waals surface area contributed by atoms with Crippen molar-refractivity contribution in [2.45, 2.75) is 6.42 Å². The summed E-state index contributed by atoms with van der Waals surface area (Å²) in [5.41, 5.74) is 0. The molecule has 7 nitrogen and oxygen atoms in total. The summed E-state index contributed by atoms with van der Waals surface area (Å²) in [7, 11) is 0. The standard InChI is InChI=1S/C11H14N6OS/c18-10(8-9-2-1-7-19-9)16-3-5-17(6-4-16)11-12-14-15-13-11/h1-2,7H,3-6,8H2,(H,12,13,14,15). The third-order valence-electron chi connectivity index (χ3n) is 3.15. The number of hydrogen-bond donors (Lipinski definition) is 1. The summed E-state index contributed by atoms with van der Waals surface area (Å²) in [6, 6.07) is 3.97. The van der Waals surface area contributed by atoms with Gasteiger partial charge in [0, 0.05) is 31.1 Å². The van der Waals surface area contributed by atoms with E-state index in [0.717, 1.165) is 18.0 Å². The molecule has 3 heterocycles. The molecule has 8 heteroatoms. The van der Waals surface area contributed by atoms with Crippen LogP contribution in [-0.4, -0.2) is 57.6 Å². The number of nitrogens with zero attached hydrogens (tertiary/aromatic N) is 5. The van der Waals surface area contributed by atoms with Crippen LogP contribution in [0.2, 0.25) is 0 Å². The summed E-state index contributed by atoms with van der Waals surface area (Å²) in [5.74, 6) is 0.792. The van der Waals surface area contributed by atoms with E-state index in [9.17, 15) is 4.79 Å². The minimum absolute atomic E-state index is 0.190. The number of hydrogen-bond acceptors (Lipinski definition) is 6. The van der Waals surface area contributed by atoms with Crippen molar-refractivity contribution in [3.63, 3.8) is 0 Å². The number of aromatic amines is 1. The molecule has 1 amide bonds. The molecule has 0 aliphatic carbocycles. The van der Waals surface area contributed by atoms with E-state index in [1.54, 1.807) is 11.3 Å². The molecular weight excluding hydrogens is 264 g/mol. The van der Waals surface area contributed by atoms with Crippen molar-refractivity contribution < 1.29 is 4.79 Å². The van der Waals surface area contributed by atoms with Crippen molar-refractivity contribution in [1.82, 2.24) is 25.5 Å². The van der Waals surface area contributed by atoms with Gasteiger partial charge in [0.15, 0.2) is 0 Å². The average Bonchev–Trinajstić information content (AvgIpc) is 3.12. The molecule has 0 aromatic carbocycles. The molecule has 1 aliphatic rings. The number of rotatable bonds is 3. The van der Waals surface area contributed by atoms with Gasteiger partial charge in [0.1, 0.15) is 0 Å². The molecule has 3 rings (SSSR count). The molecule has 2 aromatic heterocycles. The molecule has 0 atom stereocenters. The fraction of sp³-hybridized carbons (Fsp3) is 0.455. The smallest absolute Gasteiger partial charge is 0.265 e. The first-order chi connectivity index (χ1) is 9.33. The van der Waals surface area contributed by atoms with Gasteiger partial charge in [-0.25, -0.2) is 0 Å². The fourth-order valence-electron chi connectivity index (χ4n) is 2.12. The lowest BCUT2D eigenvalue weighted by Crippen LogP contribution is -2.49. The van der Waals surface area contributed by atoms with E-state index in [1.165, 1.54) is 0 Å². The average molecular weight is 278 g/mol. The number of carbonyl (C=O) groups excluding carboxylic acids is 1. The van der Waals surface area contributed by atoms with Crippen LogP contribution in [0, 0.1) is 0 Å². The SMILES string of the molecule is O=C(Cc1cccs1)N1CCN(c2nn[nH]n2)CC1. The lowest BCUT2D eigenvalue weighted by atomic mass is 10.2. The highest BCUT2D eigenvalue weighted by atomic mass is 32.1. The summed E-state index contributed by atoms with van der Waals surface area (Å²) in [4.78, 5) is 17.2. The Balaban J connectivity index is 1.54. The van der Waals surface area contributed by atoms with Crippen LogP contribution in [0.4, 0.5) is 5.95 Å². The maximum atomic E-state index is 12.1. The summed E-state index contributed by atoms with van der Waals surface area (Å²) >= 11 is 1.62. The lowest BCUT2D eigenvalue weighted by molar-refractivity contribution is -0.130.